The highest BCUT2D eigenvalue weighted by Crippen LogP contribution is 2.35. The van der Waals surface area contributed by atoms with Crippen molar-refractivity contribution in [1.82, 2.24) is 0 Å². The van der Waals surface area contributed by atoms with E-state index in [4.69, 9.17) is 20.1 Å². The number of carbonyl (C=O) groups is 1. The average molecular weight is 249 g/mol. The molecule has 88 valence electrons. The smallest absolute Gasteiger partial charge is 0.362 e. The van der Waals surface area contributed by atoms with Gasteiger partial charge in [-0.1, -0.05) is 0 Å². The zero-order valence-electron chi connectivity index (χ0n) is 7.69. The predicted molar refractivity (Wildman–Crippen MR) is 50.9 cm³/mol. The second-order valence-electron chi connectivity index (χ2n) is 2.89. The Kier molecular flexibility index (Phi) is 3.44. The van der Waals surface area contributed by atoms with E-state index in [0.29, 0.717) is 6.07 Å². The number of aromatic carboxylic acids is 1. The number of hydrogen-bond acceptors (Lipinski definition) is 4. The standard InChI is InChI=1S/C7H8NO7P/c9-7(10)4-1-2-5(8(11)12)6(3-4)16(13,14)15/h1-3,8,11H,(H,9,10)(H2,13,14,15). The highest BCUT2D eigenvalue weighted by molar-refractivity contribution is 7.60. The van der Waals surface area contributed by atoms with Crippen molar-refractivity contribution in [3.05, 3.63) is 29.0 Å². The van der Waals surface area contributed by atoms with Crippen LogP contribution < -0.4 is 10.5 Å². The average Bonchev–Trinajstić information content (AvgIpc) is 2.15. The van der Waals surface area contributed by atoms with E-state index in [2.05, 4.69) is 0 Å². The molecule has 0 fully saturated rings. The normalized spacial score (nSPS) is 13.5. The van der Waals surface area contributed by atoms with Crippen LogP contribution in [0, 0.1) is 5.21 Å². The lowest BCUT2D eigenvalue weighted by Crippen LogP contribution is -3.00. The molecule has 0 aliphatic carbocycles. The van der Waals surface area contributed by atoms with Crippen LogP contribution in [-0.4, -0.2) is 26.1 Å². The summed E-state index contributed by atoms with van der Waals surface area (Å²) in [6.07, 6.45) is 0. The number of carboxylic acid groups (broad SMARTS) is 1. The predicted octanol–water partition coefficient (Wildman–Crippen LogP) is -1.41. The fraction of sp³-hybridized carbons (Fsp3) is 0. The monoisotopic (exact) mass is 249 g/mol. The van der Waals surface area contributed by atoms with Crippen LogP contribution in [0.2, 0.25) is 0 Å². The van der Waals surface area contributed by atoms with Crippen LogP contribution in [0.4, 0.5) is 5.69 Å². The second kappa shape index (κ2) is 4.30. The van der Waals surface area contributed by atoms with Gasteiger partial charge in [0.05, 0.1) is 5.56 Å². The highest BCUT2D eigenvalue weighted by atomic mass is 31.2. The molecule has 16 heavy (non-hydrogen) atoms. The molecule has 0 heterocycles. The van der Waals surface area contributed by atoms with Crippen LogP contribution in [-0.2, 0) is 4.57 Å². The summed E-state index contributed by atoms with van der Waals surface area (Å²) in [6.45, 7) is 0. The van der Waals surface area contributed by atoms with Crippen LogP contribution in [0.5, 0.6) is 0 Å². The zero-order chi connectivity index (χ0) is 12.5. The number of benzene rings is 1. The molecule has 1 atom stereocenters. The minimum Gasteiger partial charge on any atom is -0.595 e. The highest BCUT2D eigenvalue weighted by Gasteiger charge is 2.27. The first-order valence-corrected chi connectivity index (χ1v) is 5.51. The van der Waals surface area contributed by atoms with Crippen molar-refractivity contribution in [2.75, 3.05) is 0 Å². The molecule has 0 aliphatic heterocycles. The molecule has 0 spiro atoms. The van der Waals surface area contributed by atoms with E-state index < -0.39 is 29.8 Å². The third-order valence-corrected chi connectivity index (χ3v) is 2.79. The van der Waals surface area contributed by atoms with Gasteiger partial charge in [0.15, 0.2) is 5.69 Å². The Bertz CT molecular complexity index is 466. The van der Waals surface area contributed by atoms with Crippen LogP contribution >= 0.6 is 7.60 Å². The van der Waals surface area contributed by atoms with Crippen molar-refractivity contribution in [1.29, 1.82) is 0 Å². The van der Waals surface area contributed by atoms with E-state index in [-0.39, 0.29) is 5.56 Å². The maximum atomic E-state index is 11.0. The second-order valence-corrected chi connectivity index (χ2v) is 4.46. The number of rotatable bonds is 3. The molecule has 1 unspecified atom stereocenters. The molecule has 0 aromatic heterocycles. The molecule has 0 amide bonds. The van der Waals surface area contributed by atoms with Gasteiger partial charge in [0.2, 0.25) is 0 Å². The molecular formula is C7H8NO7P. The Hall–Kier alpha value is -1.28. The third-order valence-electron chi connectivity index (χ3n) is 1.79. The summed E-state index contributed by atoms with van der Waals surface area (Å²) in [5.74, 6) is -1.40. The molecular weight excluding hydrogens is 241 g/mol. The van der Waals surface area contributed by atoms with Gasteiger partial charge in [0.25, 0.3) is 0 Å². The quantitative estimate of drug-likeness (QED) is 0.327. The van der Waals surface area contributed by atoms with Crippen LogP contribution in [0.15, 0.2) is 18.2 Å². The Morgan fingerprint density at radius 3 is 2.31 bits per heavy atom. The molecule has 0 saturated heterocycles. The molecule has 1 aromatic rings. The van der Waals surface area contributed by atoms with Crippen molar-refractivity contribution >= 4 is 24.6 Å². The van der Waals surface area contributed by atoms with Crippen molar-refractivity contribution < 1.29 is 34.7 Å². The molecule has 9 heteroatoms. The van der Waals surface area contributed by atoms with Gasteiger partial charge in [0.1, 0.15) is 5.30 Å². The van der Waals surface area contributed by atoms with E-state index in [1.165, 1.54) is 0 Å². The van der Waals surface area contributed by atoms with Crippen LogP contribution in [0.25, 0.3) is 0 Å². The topological polar surface area (TPSA) is 143 Å². The first kappa shape index (κ1) is 12.8. The van der Waals surface area contributed by atoms with Crippen molar-refractivity contribution in [3.63, 3.8) is 0 Å². The summed E-state index contributed by atoms with van der Waals surface area (Å²) in [6, 6.07) is 2.47. The summed E-state index contributed by atoms with van der Waals surface area (Å²) in [5.41, 5.74) is -0.998. The first-order valence-electron chi connectivity index (χ1n) is 3.90. The molecule has 0 radical (unpaired) electrons. The van der Waals surface area contributed by atoms with Crippen LogP contribution in [0.1, 0.15) is 10.4 Å². The van der Waals surface area contributed by atoms with Crippen LogP contribution in [0.3, 0.4) is 0 Å². The Morgan fingerprint density at radius 2 is 1.94 bits per heavy atom. The van der Waals surface area contributed by atoms with Gasteiger partial charge in [-0.2, -0.15) is 5.23 Å². The summed E-state index contributed by atoms with van der Waals surface area (Å²) in [5, 5.41) is 25.6. The lowest BCUT2D eigenvalue weighted by Gasteiger charge is -2.16. The minimum atomic E-state index is -4.82. The fourth-order valence-corrected chi connectivity index (χ4v) is 1.88. The van der Waals surface area contributed by atoms with Gasteiger partial charge >= 0.3 is 13.6 Å². The molecule has 0 aliphatic rings. The van der Waals surface area contributed by atoms with E-state index in [0.717, 1.165) is 12.1 Å². The minimum absolute atomic E-state index is 0.386. The molecule has 8 nitrogen and oxygen atoms in total. The lowest BCUT2D eigenvalue weighted by molar-refractivity contribution is -0.990. The van der Waals surface area contributed by atoms with E-state index >= 15 is 0 Å². The molecule has 0 saturated carbocycles. The molecule has 5 N–H and O–H groups in total. The lowest BCUT2D eigenvalue weighted by atomic mass is 10.2. The van der Waals surface area contributed by atoms with Gasteiger partial charge < -0.3 is 20.1 Å². The maximum Gasteiger partial charge on any atom is 0.362 e. The Balaban J connectivity index is 3.45. The van der Waals surface area contributed by atoms with Gasteiger partial charge in [-0.25, -0.2) is 10.0 Å². The number of nitrogens with one attached hydrogen (secondary N) is 1. The van der Waals surface area contributed by atoms with E-state index in [1.807, 2.05) is 0 Å². The number of quaternary nitrogens is 1. The van der Waals surface area contributed by atoms with Crippen molar-refractivity contribution in [3.8, 4) is 0 Å². The SMILES string of the molecule is O=C(O)c1ccc([NH+]([O-])O)c(P(=O)(O)O)c1. The zero-order valence-corrected chi connectivity index (χ0v) is 8.59. The van der Waals surface area contributed by atoms with E-state index in [9.17, 15) is 14.6 Å². The van der Waals surface area contributed by atoms with Crippen molar-refractivity contribution in [2.45, 2.75) is 0 Å². The number of carboxylic acids is 1. The first-order chi connectivity index (χ1) is 7.23. The molecule has 0 bridgehead atoms. The molecule has 1 rings (SSSR count). The van der Waals surface area contributed by atoms with Gasteiger partial charge in [-0.15, -0.1) is 0 Å². The molecule has 1 aromatic carbocycles. The number of hydrogen-bond donors (Lipinski definition) is 5. The van der Waals surface area contributed by atoms with Gasteiger partial charge in [-0.05, 0) is 12.1 Å². The maximum absolute atomic E-state index is 11.0. The Labute approximate surface area is 89.1 Å². The van der Waals surface area contributed by atoms with Gasteiger partial charge in [0, 0.05) is 6.07 Å². The summed E-state index contributed by atoms with van der Waals surface area (Å²) in [4.78, 5) is 28.3. The summed E-state index contributed by atoms with van der Waals surface area (Å²) >= 11 is 0. The van der Waals surface area contributed by atoms with Gasteiger partial charge in [-0.3, -0.25) is 4.57 Å². The summed E-state index contributed by atoms with van der Waals surface area (Å²) < 4.78 is 11.0. The van der Waals surface area contributed by atoms with Crippen molar-refractivity contribution in [2.24, 2.45) is 0 Å². The largest absolute Gasteiger partial charge is 0.595 e. The van der Waals surface area contributed by atoms with E-state index in [1.54, 1.807) is 0 Å². The Morgan fingerprint density at radius 1 is 1.38 bits per heavy atom. The summed E-state index contributed by atoms with van der Waals surface area (Å²) in [7, 11) is -4.82. The third kappa shape index (κ3) is 2.64. The fourth-order valence-electron chi connectivity index (χ4n) is 1.09.